The van der Waals surface area contributed by atoms with Crippen molar-refractivity contribution in [2.45, 2.75) is 133 Å². The van der Waals surface area contributed by atoms with Crippen molar-refractivity contribution < 1.29 is 73.3 Å². The molecule has 0 aromatic heterocycles. The Bertz CT molecular complexity index is 1860. The van der Waals surface area contributed by atoms with Gasteiger partial charge in [0.15, 0.2) is 0 Å². The van der Waals surface area contributed by atoms with E-state index < -0.39 is 0 Å². The van der Waals surface area contributed by atoms with Gasteiger partial charge in [0.25, 0.3) is 0 Å². The molecule has 0 atom stereocenters. The summed E-state index contributed by atoms with van der Waals surface area (Å²) in [6, 6.07) is 35.0. The molecular weight excluding hydrogens is 930 g/mol. The third-order valence-electron chi connectivity index (χ3n) is 9.37. The van der Waals surface area contributed by atoms with E-state index in [1.165, 1.54) is 62.3 Å². The molecule has 60 heavy (non-hydrogen) atoms. The Morgan fingerprint density at radius 2 is 0.833 bits per heavy atom. The molecule has 0 spiro atoms. The van der Waals surface area contributed by atoms with Gasteiger partial charge in [0.1, 0.15) is 0 Å². The molecule has 2 nitrogen and oxygen atoms in total. The Morgan fingerprint density at radius 3 is 1.08 bits per heavy atom. The predicted octanol–water partition coefficient (Wildman–Crippen LogP) is 7.47. The molecule has 4 aliphatic rings. The molecule has 6 heteroatoms. The van der Waals surface area contributed by atoms with Gasteiger partial charge in [-0.05, 0) is 68.2 Å². The van der Waals surface area contributed by atoms with Crippen LogP contribution in [0, 0.1) is 24.3 Å². The summed E-state index contributed by atoms with van der Waals surface area (Å²) in [7, 11) is 0. The largest absolute Gasteiger partial charge is 1.00 e. The van der Waals surface area contributed by atoms with Crippen molar-refractivity contribution in [3.05, 3.63) is 156 Å². The van der Waals surface area contributed by atoms with Crippen LogP contribution in [0.5, 0.6) is 0 Å². The van der Waals surface area contributed by atoms with Crippen LogP contribution in [0.15, 0.2) is 109 Å². The van der Waals surface area contributed by atoms with Crippen molar-refractivity contribution in [1.29, 1.82) is 0 Å². The fraction of sp³-hybridized carbons (Fsp3) is 0.370. The van der Waals surface area contributed by atoms with Crippen molar-refractivity contribution in [2.75, 3.05) is 9.80 Å². The molecule has 0 amide bonds. The van der Waals surface area contributed by atoms with Gasteiger partial charge >= 0.3 is 82.6 Å². The monoisotopic (exact) mass is 992 g/mol. The Morgan fingerprint density at radius 1 is 0.517 bits per heavy atom. The van der Waals surface area contributed by atoms with E-state index in [0.717, 1.165) is 25.7 Å². The minimum absolute atomic E-state index is 0. The van der Waals surface area contributed by atoms with Gasteiger partial charge < -0.3 is 34.6 Å². The fourth-order valence-corrected chi connectivity index (χ4v) is 7.58. The van der Waals surface area contributed by atoms with Gasteiger partial charge in [0.2, 0.25) is 0 Å². The number of nitrogens with zero attached hydrogens (tertiary/aromatic N) is 2. The van der Waals surface area contributed by atoms with Crippen LogP contribution in [0.4, 0.5) is 11.4 Å². The first kappa shape index (κ1) is 55.5. The minimum atomic E-state index is 0. The van der Waals surface area contributed by atoms with Gasteiger partial charge in [-0.25, -0.2) is 24.3 Å². The minimum Gasteiger partial charge on any atom is -1.00 e. The van der Waals surface area contributed by atoms with Crippen molar-refractivity contribution in [3.63, 3.8) is 0 Å². The second-order valence-electron chi connectivity index (χ2n) is 16.3. The van der Waals surface area contributed by atoms with Crippen molar-refractivity contribution in [2.24, 2.45) is 0 Å². The molecule has 316 valence electrons. The molecule has 0 aliphatic heterocycles. The molecule has 0 bridgehead atoms. The van der Waals surface area contributed by atoms with Crippen LogP contribution < -0.4 is 34.6 Å². The number of rotatable bonds is 6. The Labute approximate surface area is 408 Å². The second kappa shape index (κ2) is 29.0. The van der Waals surface area contributed by atoms with Crippen LogP contribution in [-0.4, -0.2) is 30.6 Å². The van der Waals surface area contributed by atoms with E-state index in [-0.39, 0.29) is 24.8 Å². The molecule has 4 aromatic carbocycles. The number of halogens is 2. The third kappa shape index (κ3) is 17.4. The van der Waals surface area contributed by atoms with Crippen LogP contribution >= 0.6 is 0 Å². The number of hydrogen-bond acceptors (Lipinski definition) is 2. The average molecular weight is 996 g/mol. The zero-order valence-corrected chi connectivity index (χ0v) is 44.6. The van der Waals surface area contributed by atoms with Gasteiger partial charge in [0.05, 0.1) is 0 Å². The van der Waals surface area contributed by atoms with Crippen LogP contribution in [-0.2, 0) is 61.3 Å². The maximum absolute atomic E-state index is 3.44. The van der Waals surface area contributed by atoms with Crippen LogP contribution in [0.3, 0.4) is 0 Å². The predicted molar refractivity (Wildman–Crippen MR) is 248 cm³/mol. The Hall–Kier alpha value is -2.47. The number of hydrogen-bond donors (Lipinski definition) is 0. The summed E-state index contributed by atoms with van der Waals surface area (Å²) in [4.78, 5) is 5.02. The zero-order chi connectivity index (χ0) is 42.8. The third-order valence-corrected chi connectivity index (χ3v) is 9.37. The summed E-state index contributed by atoms with van der Waals surface area (Å²) in [5, 5.41) is 0. The molecule has 0 unspecified atom stereocenters. The van der Waals surface area contributed by atoms with E-state index in [4.69, 9.17) is 0 Å². The molecule has 8 rings (SSSR count). The molecule has 0 saturated carbocycles. The molecule has 0 saturated heterocycles. The SMILES string of the molecule is CC(C)N(c1cc[c-]c2c1-c1ccccc1C2)C(C)C.CC(C)N(c1cc[c-]c2c1-c1ccccc1C2)C(C)C.C[C](C)=[Zr+2].C[C](C)=[Zr+2].[C-]1=CC=CC1.[C-]1=CC=CC1.[Cl-].[Cl-]. The van der Waals surface area contributed by atoms with Gasteiger partial charge in [-0.3, -0.25) is 12.2 Å². The van der Waals surface area contributed by atoms with Crippen molar-refractivity contribution >= 4 is 17.8 Å². The molecule has 0 N–H and O–H groups in total. The zero-order valence-electron chi connectivity index (χ0n) is 38.2. The standard InChI is InChI=1S/2C19H22N.2C5H5.2C3H6.2ClH.2Zr/c2*1-13(2)20(14(3)4)18-11-7-9-16-12-15-8-5-6-10-17(15)19(16)18;2*1-2-4-5-3-1;2*1-3-2;;;;/h2*5-8,10-11,13-14H,12H2,1-4H3;2*1-3H,4H2;2*1-2H3;2*1H;;/q4*-1;;;;;2*+2/p-2. The summed E-state index contributed by atoms with van der Waals surface area (Å²) < 4.78 is 3.01. The quantitative estimate of drug-likeness (QED) is 0.160. The average Bonchev–Trinajstić information content (AvgIpc) is 3.99. The van der Waals surface area contributed by atoms with Gasteiger partial charge in [-0.2, -0.15) is 36.4 Å². The van der Waals surface area contributed by atoms with E-state index >= 15 is 0 Å². The van der Waals surface area contributed by atoms with Crippen LogP contribution in [0.2, 0.25) is 0 Å². The van der Waals surface area contributed by atoms with Gasteiger partial charge in [0, 0.05) is 24.2 Å². The van der Waals surface area contributed by atoms with Crippen molar-refractivity contribution in [3.8, 4) is 22.3 Å². The van der Waals surface area contributed by atoms with Crippen LogP contribution in [0.25, 0.3) is 22.3 Å². The topological polar surface area (TPSA) is 6.48 Å². The summed E-state index contributed by atoms with van der Waals surface area (Å²) in [5.41, 5.74) is 13.8. The molecule has 4 aromatic rings. The first-order valence-corrected chi connectivity index (χ1v) is 23.4. The summed E-state index contributed by atoms with van der Waals surface area (Å²) in [6.45, 7) is 26.6. The molecule has 0 fully saturated rings. The van der Waals surface area contributed by atoms with E-state index in [0.29, 0.717) is 24.2 Å². The smallest absolute Gasteiger partial charge is 0.109 e. The number of allylic oxidation sites excluding steroid dienone is 8. The van der Waals surface area contributed by atoms with Gasteiger partial charge in [-0.15, -0.1) is 47.2 Å². The van der Waals surface area contributed by atoms with E-state index in [1.807, 2.05) is 24.3 Å². The second-order valence-corrected chi connectivity index (χ2v) is 21.2. The maximum atomic E-state index is 3.44. The number of benzene rings is 4. The number of fused-ring (bicyclic) bond motifs is 6. The first-order chi connectivity index (χ1) is 27.6. The van der Waals surface area contributed by atoms with Crippen LogP contribution in [0.1, 0.15) is 118 Å². The van der Waals surface area contributed by atoms with E-state index in [9.17, 15) is 0 Å². The van der Waals surface area contributed by atoms with Crippen molar-refractivity contribution in [1.82, 2.24) is 0 Å². The Balaban J connectivity index is 0.000000417. The van der Waals surface area contributed by atoms with Gasteiger partial charge in [-0.1, -0.05) is 82.2 Å². The molecule has 0 heterocycles. The molecule has 0 radical (unpaired) electrons. The van der Waals surface area contributed by atoms with E-state index in [2.05, 4.69) is 202 Å². The maximum Gasteiger partial charge on any atom is -0.109 e. The summed E-state index contributed by atoms with van der Waals surface area (Å²) in [5.74, 6) is 0. The normalized spacial score (nSPS) is 12.3. The molecular formula is C54H66Cl2N2Zr2-2. The number of anilines is 2. The molecule has 4 aliphatic carbocycles. The first-order valence-electron chi connectivity index (χ1n) is 20.9. The summed E-state index contributed by atoms with van der Waals surface area (Å²) in [6.07, 6.45) is 22.0. The summed E-state index contributed by atoms with van der Waals surface area (Å²) >= 11 is 3.11. The van der Waals surface area contributed by atoms with E-state index in [1.54, 1.807) is 48.5 Å². The Kier molecular flexibility index (Phi) is 26.8. The fourth-order valence-electron chi connectivity index (χ4n) is 7.58.